The van der Waals surface area contributed by atoms with Crippen molar-refractivity contribution in [1.29, 1.82) is 0 Å². The van der Waals surface area contributed by atoms with E-state index in [4.69, 9.17) is 0 Å². The summed E-state index contributed by atoms with van der Waals surface area (Å²) in [6, 6.07) is 0.304. The van der Waals surface area contributed by atoms with Crippen LogP contribution in [0.15, 0.2) is 0 Å². The van der Waals surface area contributed by atoms with E-state index in [2.05, 4.69) is 35.9 Å². The van der Waals surface area contributed by atoms with Crippen LogP contribution in [0.4, 0.5) is 0 Å². The third-order valence-corrected chi connectivity index (χ3v) is 3.18. The summed E-state index contributed by atoms with van der Waals surface area (Å²) < 4.78 is 0. The molecule has 0 saturated carbocycles. The summed E-state index contributed by atoms with van der Waals surface area (Å²) in [5.41, 5.74) is 0. The highest BCUT2D eigenvalue weighted by molar-refractivity contribution is 5.82. The van der Waals surface area contributed by atoms with Crippen LogP contribution in [0, 0.1) is 5.92 Å². The molecule has 1 saturated heterocycles. The van der Waals surface area contributed by atoms with Crippen LogP contribution in [-0.2, 0) is 4.79 Å². The second kappa shape index (κ2) is 6.36. The Balaban J connectivity index is 2.73. The third kappa shape index (κ3) is 4.28. The van der Waals surface area contributed by atoms with Gasteiger partial charge >= 0.3 is 0 Å². The van der Waals surface area contributed by atoms with Crippen LogP contribution >= 0.6 is 0 Å². The minimum absolute atomic E-state index is 0.0475. The molecule has 0 aromatic rings. The van der Waals surface area contributed by atoms with Crippen LogP contribution in [0.25, 0.3) is 0 Å². The van der Waals surface area contributed by atoms with Crippen molar-refractivity contribution in [2.24, 2.45) is 5.92 Å². The average Bonchev–Trinajstić information content (AvgIpc) is 2.32. The zero-order chi connectivity index (χ0) is 13.0. The molecule has 4 heteroatoms. The number of hydrogen-bond acceptors (Lipinski definition) is 3. The lowest BCUT2D eigenvalue weighted by molar-refractivity contribution is -0.135. The van der Waals surface area contributed by atoms with Gasteiger partial charge in [0.25, 0.3) is 0 Å². The maximum Gasteiger partial charge on any atom is 0.241 e. The maximum atomic E-state index is 12.5. The van der Waals surface area contributed by atoms with Gasteiger partial charge in [-0.05, 0) is 39.9 Å². The van der Waals surface area contributed by atoms with Gasteiger partial charge in [-0.2, -0.15) is 0 Å². The first-order valence-electron chi connectivity index (χ1n) is 6.60. The molecule has 17 heavy (non-hydrogen) atoms. The normalized spacial score (nSPS) is 26.8. The van der Waals surface area contributed by atoms with E-state index < -0.39 is 0 Å². The Morgan fingerprint density at radius 3 is 2.65 bits per heavy atom. The molecule has 1 aliphatic heterocycles. The molecule has 2 atom stereocenters. The van der Waals surface area contributed by atoms with Gasteiger partial charge in [-0.15, -0.1) is 0 Å². The summed E-state index contributed by atoms with van der Waals surface area (Å²) in [6.07, 6.45) is 1.04. The molecule has 0 spiro atoms. The first-order valence-corrected chi connectivity index (χ1v) is 6.60. The monoisotopic (exact) mass is 241 g/mol. The molecule has 0 aromatic heterocycles. The second-order valence-electron chi connectivity index (χ2n) is 5.79. The van der Waals surface area contributed by atoms with E-state index in [1.165, 1.54) is 0 Å². The van der Waals surface area contributed by atoms with E-state index in [0.29, 0.717) is 12.0 Å². The summed E-state index contributed by atoms with van der Waals surface area (Å²) >= 11 is 0. The zero-order valence-electron chi connectivity index (χ0n) is 11.9. The Morgan fingerprint density at radius 2 is 2.12 bits per heavy atom. The fourth-order valence-electron chi connectivity index (χ4n) is 2.30. The number of carbonyl (C=O) groups is 1. The molecule has 100 valence electrons. The SMILES string of the molecule is CC(C)CN1C(=O)C(CN(C)C)NCCC1C. The largest absolute Gasteiger partial charge is 0.338 e. The van der Waals surface area contributed by atoms with Gasteiger partial charge in [0.15, 0.2) is 0 Å². The van der Waals surface area contributed by atoms with Crippen molar-refractivity contribution >= 4 is 5.91 Å². The standard InChI is InChI=1S/C13H27N3O/c1-10(2)8-16-11(3)6-7-14-12(13(16)17)9-15(4)5/h10-12,14H,6-9H2,1-5H3. The van der Waals surface area contributed by atoms with E-state index in [-0.39, 0.29) is 11.9 Å². The lowest BCUT2D eigenvalue weighted by Crippen LogP contribution is -2.51. The van der Waals surface area contributed by atoms with E-state index in [0.717, 1.165) is 26.1 Å². The third-order valence-electron chi connectivity index (χ3n) is 3.18. The molecule has 0 aromatic carbocycles. The summed E-state index contributed by atoms with van der Waals surface area (Å²) in [6.45, 7) is 9.06. The highest BCUT2D eigenvalue weighted by Gasteiger charge is 2.30. The van der Waals surface area contributed by atoms with Crippen molar-refractivity contribution in [1.82, 2.24) is 15.1 Å². The van der Waals surface area contributed by atoms with Crippen molar-refractivity contribution in [3.05, 3.63) is 0 Å². The van der Waals surface area contributed by atoms with Gasteiger partial charge in [0.05, 0.1) is 6.04 Å². The van der Waals surface area contributed by atoms with E-state index in [1.54, 1.807) is 0 Å². The first kappa shape index (κ1) is 14.5. The highest BCUT2D eigenvalue weighted by Crippen LogP contribution is 2.13. The Hall–Kier alpha value is -0.610. The highest BCUT2D eigenvalue weighted by atomic mass is 16.2. The summed E-state index contributed by atoms with van der Waals surface area (Å²) in [7, 11) is 4.02. The number of amides is 1. The van der Waals surface area contributed by atoms with Gasteiger partial charge in [0, 0.05) is 19.1 Å². The number of hydrogen-bond donors (Lipinski definition) is 1. The molecule has 2 unspecified atom stereocenters. The number of likely N-dealkylation sites (N-methyl/N-ethyl adjacent to an activating group) is 1. The summed E-state index contributed by atoms with van der Waals surface area (Å²) in [4.78, 5) is 16.6. The molecule has 0 bridgehead atoms. The van der Waals surface area contributed by atoms with Crippen molar-refractivity contribution < 1.29 is 4.79 Å². The van der Waals surface area contributed by atoms with Gasteiger partial charge in [-0.3, -0.25) is 4.79 Å². The number of nitrogens with zero attached hydrogens (tertiary/aromatic N) is 2. The fraction of sp³-hybridized carbons (Fsp3) is 0.923. The van der Waals surface area contributed by atoms with Crippen LogP contribution in [0.1, 0.15) is 27.2 Å². The predicted octanol–water partition coefficient (Wildman–Crippen LogP) is 0.783. The molecule has 1 fully saturated rings. The van der Waals surface area contributed by atoms with Crippen molar-refractivity contribution in [3.63, 3.8) is 0 Å². The van der Waals surface area contributed by atoms with Crippen molar-refractivity contribution in [2.45, 2.75) is 39.3 Å². The molecule has 1 heterocycles. The second-order valence-corrected chi connectivity index (χ2v) is 5.79. The minimum atomic E-state index is -0.0475. The lowest BCUT2D eigenvalue weighted by atomic mass is 10.1. The van der Waals surface area contributed by atoms with Crippen LogP contribution < -0.4 is 5.32 Å². The lowest BCUT2D eigenvalue weighted by Gasteiger charge is -2.31. The average molecular weight is 241 g/mol. The number of nitrogens with one attached hydrogen (secondary N) is 1. The fourth-order valence-corrected chi connectivity index (χ4v) is 2.30. The van der Waals surface area contributed by atoms with Crippen LogP contribution in [0.3, 0.4) is 0 Å². The molecule has 1 rings (SSSR count). The molecule has 0 aliphatic carbocycles. The van der Waals surface area contributed by atoms with Gasteiger partial charge in [-0.25, -0.2) is 0 Å². The zero-order valence-corrected chi connectivity index (χ0v) is 11.9. The van der Waals surface area contributed by atoms with Gasteiger partial charge in [-0.1, -0.05) is 13.8 Å². The van der Waals surface area contributed by atoms with Gasteiger partial charge < -0.3 is 15.1 Å². The molecule has 4 nitrogen and oxygen atoms in total. The Kier molecular flexibility index (Phi) is 5.40. The first-order chi connectivity index (χ1) is 7.91. The van der Waals surface area contributed by atoms with Crippen LogP contribution in [-0.4, -0.2) is 61.5 Å². The van der Waals surface area contributed by atoms with Crippen molar-refractivity contribution in [2.75, 3.05) is 33.7 Å². The molecular weight excluding hydrogens is 214 g/mol. The van der Waals surface area contributed by atoms with Gasteiger partial charge in [0.1, 0.15) is 0 Å². The number of rotatable bonds is 4. The molecular formula is C13H27N3O. The summed E-state index contributed by atoms with van der Waals surface area (Å²) in [5.74, 6) is 0.789. The summed E-state index contributed by atoms with van der Waals surface area (Å²) in [5, 5.41) is 3.36. The Bertz CT molecular complexity index is 253. The minimum Gasteiger partial charge on any atom is -0.338 e. The van der Waals surface area contributed by atoms with E-state index in [9.17, 15) is 4.79 Å². The van der Waals surface area contributed by atoms with Gasteiger partial charge in [0.2, 0.25) is 5.91 Å². The molecule has 0 radical (unpaired) electrons. The Morgan fingerprint density at radius 1 is 1.47 bits per heavy atom. The van der Waals surface area contributed by atoms with E-state index >= 15 is 0 Å². The van der Waals surface area contributed by atoms with Crippen molar-refractivity contribution in [3.8, 4) is 0 Å². The predicted molar refractivity (Wildman–Crippen MR) is 71.0 cm³/mol. The smallest absolute Gasteiger partial charge is 0.241 e. The van der Waals surface area contributed by atoms with Crippen LogP contribution in [0.5, 0.6) is 0 Å². The number of carbonyl (C=O) groups excluding carboxylic acids is 1. The Labute approximate surface area is 105 Å². The van der Waals surface area contributed by atoms with Crippen LogP contribution in [0.2, 0.25) is 0 Å². The molecule has 1 aliphatic rings. The maximum absolute atomic E-state index is 12.5. The quantitative estimate of drug-likeness (QED) is 0.790. The molecule has 1 amide bonds. The topological polar surface area (TPSA) is 35.6 Å². The van der Waals surface area contributed by atoms with E-state index in [1.807, 2.05) is 14.1 Å². The molecule has 1 N–H and O–H groups in total.